The van der Waals surface area contributed by atoms with Crippen molar-refractivity contribution in [1.29, 1.82) is 5.26 Å². The van der Waals surface area contributed by atoms with Crippen molar-refractivity contribution in [3.8, 4) is 6.07 Å². The van der Waals surface area contributed by atoms with E-state index in [9.17, 15) is 0 Å². The summed E-state index contributed by atoms with van der Waals surface area (Å²) >= 11 is 0. The van der Waals surface area contributed by atoms with E-state index in [0.29, 0.717) is 6.04 Å². The van der Waals surface area contributed by atoms with Crippen molar-refractivity contribution >= 4 is 11.4 Å². The number of fused-ring (bicyclic) bond motifs is 1. The van der Waals surface area contributed by atoms with Gasteiger partial charge in [0, 0.05) is 19.7 Å². The molecular weight excluding hydrogens is 214 g/mol. The van der Waals surface area contributed by atoms with Gasteiger partial charge in [0.25, 0.3) is 0 Å². The highest BCUT2D eigenvalue weighted by molar-refractivity contribution is 5.74. The van der Waals surface area contributed by atoms with Gasteiger partial charge >= 0.3 is 0 Å². The molecule has 1 aromatic rings. The summed E-state index contributed by atoms with van der Waals surface area (Å²) in [4.78, 5) is 2.37. The molecule has 4 nitrogen and oxygen atoms in total. The summed E-state index contributed by atoms with van der Waals surface area (Å²) in [5, 5.41) is 12.4. The van der Waals surface area contributed by atoms with Crippen LogP contribution in [0.15, 0.2) is 18.2 Å². The van der Waals surface area contributed by atoms with E-state index in [1.807, 2.05) is 18.2 Å². The van der Waals surface area contributed by atoms with Gasteiger partial charge in [0.1, 0.15) is 0 Å². The predicted octanol–water partition coefficient (Wildman–Crippen LogP) is 1.58. The number of rotatable bonds is 1. The lowest BCUT2D eigenvalue weighted by Crippen LogP contribution is -2.42. The molecule has 1 atom stereocenters. The van der Waals surface area contributed by atoms with Crippen molar-refractivity contribution < 1.29 is 4.74 Å². The number of benzene rings is 1. The van der Waals surface area contributed by atoms with Gasteiger partial charge in [-0.05, 0) is 24.6 Å². The zero-order valence-corrected chi connectivity index (χ0v) is 9.65. The molecule has 3 rings (SSSR count). The van der Waals surface area contributed by atoms with Crippen molar-refractivity contribution in [2.75, 3.05) is 36.5 Å². The van der Waals surface area contributed by atoms with Crippen molar-refractivity contribution in [1.82, 2.24) is 0 Å². The second kappa shape index (κ2) is 4.27. The molecule has 4 heteroatoms. The number of hydrogen-bond acceptors (Lipinski definition) is 4. The average molecular weight is 229 g/mol. The molecule has 0 aromatic heterocycles. The predicted molar refractivity (Wildman–Crippen MR) is 66.2 cm³/mol. The summed E-state index contributed by atoms with van der Waals surface area (Å²) in [6.07, 6.45) is 1.08. The zero-order valence-electron chi connectivity index (χ0n) is 9.65. The van der Waals surface area contributed by atoms with Crippen LogP contribution in [0.5, 0.6) is 0 Å². The summed E-state index contributed by atoms with van der Waals surface area (Å²) in [6.45, 7) is 3.59. The Hall–Kier alpha value is -1.73. The van der Waals surface area contributed by atoms with Gasteiger partial charge in [0.15, 0.2) is 0 Å². The van der Waals surface area contributed by atoms with Crippen LogP contribution in [0.2, 0.25) is 0 Å². The Morgan fingerprint density at radius 2 is 2.41 bits per heavy atom. The molecule has 1 aromatic carbocycles. The molecule has 0 unspecified atom stereocenters. The van der Waals surface area contributed by atoms with Crippen molar-refractivity contribution in [2.24, 2.45) is 0 Å². The molecule has 2 heterocycles. The van der Waals surface area contributed by atoms with Gasteiger partial charge in [-0.3, -0.25) is 0 Å². The molecule has 1 fully saturated rings. The molecule has 0 saturated carbocycles. The Morgan fingerprint density at radius 3 is 3.18 bits per heavy atom. The standard InChI is InChI=1S/C13H15N3O/c14-8-10-1-2-12-13(7-10)16(5-4-15-12)11-3-6-17-9-11/h1-2,7,11,15H,3-6,9H2/t11-/m0/s1. The molecule has 1 N–H and O–H groups in total. The Morgan fingerprint density at radius 1 is 1.47 bits per heavy atom. The molecule has 0 amide bonds. The Bertz CT molecular complexity index is 460. The summed E-state index contributed by atoms with van der Waals surface area (Å²) < 4.78 is 5.45. The molecule has 1 saturated heterocycles. The number of anilines is 2. The highest BCUT2D eigenvalue weighted by atomic mass is 16.5. The minimum absolute atomic E-state index is 0.463. The van der Waals surface area contributed by atoms with Gasteiger partial charge in [0.05, 0.1) is 35.7 Å². The van der Waals surface area contributed by atoms with Gasteiger partial charge in [-0.25, -0.2) is 0 Å². The largest absolute Gasteiger partial charge is 0.382 e. The van der Waals surface area contributed by atoms with Crippen LogP contribution in [0.25, 0.3) is 0 Å². The zero-order chi connectivity index (χ0) is 11.7. The molecule has 2 aliphatic heterocycles. The van der Waals surface area contributed by atoms with Crippen LogP contribution < -0.4 is 10.2 Å². The third-order valence-electron chi connectivity index (χ3n) is 3.45. The van der Waals surface area contributed by atoms with E-state index in [4.69, 9.17) is 10.00 Å². The maximum absolute atomic E-state index is 8.98. The number of nitrogens with one attached hydrogen (secondary N) is 1. The summed E-state index contributed by atoms with van der Waals surface area (Å²) in [7, 11) is 0. The van der Waals surface area contributed by atoms with E-state index in [1.165, 1.54) is 0 Å². The Labute approximate surface area is 101 Å². The van der Waals surface area contributed by atoms with Crippen LogP contribution in [0.3, 0.4) is 0 Å². The number of hydrogen-bond donors (Lipinski definition) is 1. The number of nitriles is 1. The highest BCUT2D eigenvalue weighted by Gasteiger charge is 2.27. The monoisotopic (exact) mass is 229 g/mol. The van der Waals surface area contributed by atoms with Crippen LogP contribution in [-0.2, 0) is 4.74 Å². The maximum Gasteiger partial charge on any atom is 0.0992 e. The molecular formula is C13H15N3O. The first kappa shape index (κ1) is 10.4. The van der Waals surface area contributed by atoms with Crippen molar-refractivity contribution in [3.05, 3.63) is 23.8 Å². The van der Waals surface area contributed by atoms with E-state index in [0.717, 1.165) is 49.7 Å². The molecule has 0 radical (unpaired) electrons. The Balaban J connectivity index is 1.97. The van der Waals surface area contributed by atoms with Crippen molar-refractivity contribution in [3.63, 3.8) is 0 Å². The lowest BCUT2D eigenvalue weighted by molar-refractivity contribution is 0.193. The van der Waals surface area contributed by atoms with Crippen molar-refractivity contribution in [2.45, 2.75) is 12.5 Å². The summed E-state index contributed by atoms with van der Waals surface area (Å²) in [6, 6.07) is 8.49. The van der Waals surface area contributed by atoms with E-state index in [-0.39, 0.29) is 0 Å². The van der Waals surface area contributed by atoms with Gasteiger partial charge in [-0.1, -0.05) is 0 Å². The quantitative estimate of drug-likeness (QED) is 0.794. The molecule has 17 heavy (non-hydrogen) atoms. The lowest BCUT2D eigenvalue weighted by Gasteiger charge is -2.36. The maximum atomic E-state index is 8.98. The number of nitrogens with zero attached hydrogens (tertiary/aromatic N) is 2. The fraction of sp³-hybridized carbons (Fsp3) is 0.462. The van der Waals surface area contributed by atoms with E-state index < -0.39 is 0 Å². The third-order valence-corrected chi connectivity index (χ3v) is 3.45. The second-order valence-corrected chi connectivity index (χ2v) is 4.48. The van der Waals surface area contributed by atoms with Gasteiger partial charge in [-0.15, -0.1) is 0 Å². The topological polar surface area (TPSA) is 48.3 Å². The third kappa shape index (κ3) is 1.83. The summed E-state index contributed by atoms with van der Waals surface area (Å²) in [5.74, 6) is 0. The van der Waals surface area contributed by atoms with E-state index >= 15 is 0 Å². The van der Waals surface area contributed by atoms with E-state index in [1.54, 1.807) is 0 Å². The fourth-order valence-electron chi connectivity index (χ4n) is 2.57. The average Bonchev–Trinajstić information content (AvgIpc) is 2.91. The molecule has 0 bridgehead atoms. The fourth-order valence-corrected chi connectivity index (χ4v) is 2.57. The second-order valence-electron chi connectivity index (χ2n) is 4.48. The van der Waals surface area contributed by atoms with Gasteiger partial charge in [-0.2, -0.15) is 5.26 Å². The van der Waals surface area contributed by atoms with Gasteiger partial charge < -0.3 is 15.0 Å². The van der Waals surface area contributed by atoms with Crippen LogP contribution >= 0.6 is 0 Å². The molecule has 0 aliphatic carbocycles. The Kier molecular flexibility index (Phi) is 2.62. The van der Waals surface area contributed by atoms with Crippen LogP contribution in [0.4, 0.5) is 11.4 Å². The highest BCUT2D eigenvalue weighted by Crippen LogP contribution is 2.32. The SMILES string of the molecule is N#Cc1ccc2c(c1)N([C@H]1CCOC1)CCN2. The minimum Gasteiger partial charge on any atom is -0.382 e. The smallest absolute Gasteiger partial charge is 0.0992 e. The van der Waals surface area contributed by atoms with Crippen LogP contribution in [0, 0.1) is 11.3 Å². The molecule has 2 aliphatic rings. The normalized spacial score (nSPS) is 22.8. The first-order valence-electron chi connectivity index (χ1n) is 6.01. The van der Waals surface area contributed by atoms with Crippen LogP contribution in [-0.4, -0.2) is 32.3 Å². The summed E-state index contributed by atoms with van der Waals surface area (Å²) in [5.41, 5.74) is 2.99. The first-order valence-corrected chi connectivity index (χ1v) is 6.01. The lowest BCUT2D eigenvalue weighted by atomic mass is 10.1. The van der Waals surface area contributed by atoms with Crippen LogP contribution in [0.1, 0.15) is 12.0 Å². The first-order chi connectivity index (χ1) is 8.38. The number of ether oxygens (including phenoxy) is 1. The van der Waals surface area contributed by atoms with Gasteiger partial charge in [0.2, 0.25) is 0 Å². The minimum atomic E-state index is 0.463. The molecule has 88 valence electrons. The molecule has 0 spiro atoms. The van der Waals surface area contributed by atoms with E-state index in [2.05, 4.69) is 16.3 Å².